The van der Waals surface area contributed by atoms with E-state index in [1.807, 2.05) is 0 Å². The molecule has 0 radical (unpaired) electrons. The Bertz CT molecular complexity index is 540. The summed E-state index contributed by atoms with van der Waals surface area (Å²) in [5.74, 6) is -0.200. The van der Waals surface area contributed by atoms with E-state index in [9.17, 15) is 9.90 Å². The number of nitrogens with zero attached hydrogens (tertiary/aromatic N) is 2. The van der Waals surface area contributed by atoms with Gasteiger partial charge in [0, 0.05) is 6.07 Å². The second-order valence-corrected chi connectivity index (χ2v) is 3.21. The number of phenols is 1. The number of phenolic OH excluding ortho intramolecular Hbond substituents is 1. The summed E-state index contributed by atoms with van der Waals surface area (Å²) in [5.41, 5.74) is 5.38. The number of aromatic hydroxyl groups is 1. The monoisotopic (exact) mass is 231 g/mol. The molecule has 0 atom stereocenters. The molecule has 0 amide bonds. The van der Waals surface area contributed by atoms with Crippen LogP contribution in [0.4, 0.5) is 5.82 Å². The number of carbonyl (C=O) groups is 1. The Morgan fingerprint density at radius 3 is 2.76 bits per heavy atom. The molecule has 0 unspecified atom stereocenters. The van der Waals surface area contributed by atoms with Crippen molar-refractivity contribution >= 4 is 11.8 Å². The molecule has 0 bridgehead atoms. The summed E-state index contributed by atoms with van der Waals surface area (Å²) in [6.07, 6.45) is 2.49. The SMILES string of the molecule is Nc1cnc(C(=O)Oc2cccc(O)c2)cn1. The van der Waals surface area contributed by atoms with Crippen LogP contribution in [0.5, 0.6) is 11.5 Å². The molecule has 6 heteroatoms. The molecule has 1 aromatic carbocycles. The number of hydrogen-bond donors (Lipinski definition) is 2. The molecule has 17 heavy (non-hydrogen) atoms. The molecule has 0 aliphatic rings. The quantitative estimate of drug-likeness (QED) is 0.590. The molecule has 3 N–H and O–H groups in total. The first-order chi connectivity index (χ1) is 8.15. The van der Waals surface area contributed by atoms with Crippen molar-refractivity contribution in [3.63, 3.8) is 0 Å². The Morgan fingerprint density at radius 1 is 1.29 bits per heavy atom. The lowest BCUT2D eigenvalue weighted by Crippen LogP contribution is -2.11. The number of nitrogens with two attached hydrogens (primary N) is 1. The summed E-state index contributed by atoms with van der Waals surface area (Å²) in [4.78, 5) is 19.1. The molecule has 0 saturated carbocycles. The summed E-state index contributed by atoms with van der Waals surface area (Å²) < 4.78 is 4.98. The molecule has 2 aromatic rings. The number of esters is 1. The molecule has 86 valence electrons. The zero-order valence-corrected chi connectivity index (χ0v) is 8.70. The summed E-state index contributed by atoms with van der Waals surface area (Å²) in [6.45, 7) is 0. The minimum Gasteiger partial charge on any atom is -0.508 e. The molecule has 0 spiro atoms. The van der Waals surface area contributed by atoms with Gasteiger partial charge in [0.2, 0.25) is 0 Å². The second kappa shape index (κ2) is 4.48. The normalized spacial score (nSPS) is 9.88. The van der Waals surface area contributed by atoms with Crippen molar-refractivity contribution < 1.29 is 14.6 Å². The largest absolute Gasteiger partial charge is 0.508 e. The molecular weight excluding hydrogens is 222 g/mol. The maximum absolute atomic E-state index is 11.6. The van der Waals surface area contributed by atoms with E-state index < -0.39 is 5.97 Å². The highest BCUT2D eigenvalue weighted by Crippen LogP contribution is 2.18. The number of aromatic nitrogens is 2. The first kappa shape index (κ1) is 10.9. The summed E-state index contributed by atoms with van der Waals surface area (Å²) in [7, 11) is 0. The van der Waals surface area contributed by atoms with Crippen LogP contribution in [0.15, 0.2) is 36.7 Å². The van der Waals surface area contributed by atoms with Gasteiger partial charge in [0.15, 0.2) is 5.69 Å². The molecule has 0 fully saturated rings. The third kappa shape index (κ3) is 2.69. The maximum Gasteiger partial charge on any atom is 0.363 e. The van der Waals surface area contributed by atoms with Gasteiger partial charge in [-0.15, -0.1) is 0 Å². The van der Waals surface area contributed by atoms with E-state index in [1.54, 1.807) is 12.1 Å². The summed E-state index contributed by atoms with van der Waals surface area (Å²) in [5, 5.41) is 9.20. The summed E-state index contributed by atoms with van der Waals surface area (Å²) in [6, 6.07) is 5.90. The topological polar surface area (TPSA) is 98.3 Å². The number of nitrogen functional groups attached to an aromatic ring is 1. The zero-order valence-electron chi connectivity index (χ0n) is 8.70. The van der Waals surface area contributed by atoms with Crippen LogP contribution in [0.2, 0.25) is 0 Å². The van der Waals surface area contributed by atoms with E-state index in [0.717, 1.165) is 0 Å². The first-order valence-electron chi connectivity index (χ1n) is 4.74. The van der Waals surface area contributed by atoms with E-state index in [2.05, 4.69) is 9.97 Å². The average Bonchev–Trinajstić information content (AvgIpc) is 2.29. The predicted octanol–water partition coefficient (Wildman–Crippen LogP) is 0.984. The number of rotatable bonds is 2. The van der Waals surface area contributed by atoms with Crippen molar-refractivity contribution in [1.29, 1.82) is 0 Å². The maximum atomic E-state index is 11.6. The molecule has 6 nitrogen and oxygen atoms in total. The van der Waals surface area contributed by atoms with Crippen molar-refractivity contribution in [2.75, 3.05) is 5.73 Å². The Morgan fingerprint density at radius 2 is 2.12 bits per heavy atom. The molecule has 0 aliphatic carbocycles. The minimum atomic E-state index is -0.664. The van der Waals surface area contributed by atoms with Gasteiger partial charge >= 0.3 is 5.97 Å². The van der Waals surface area contributed by atoms with Gasteiger partial charge < -0.3 is 15.6 Å². The predicted molar refractivity (Wildman–Crippen MR) is 59.5 cm³/mol. The van der Waals surface area contributed by atoms with Crippen molar-refractivity contribution in [2.45, 2.75) is 0 Å². The highest BCUT2D eigenvalue weighted by Gasteiger charge is 2.10. The van der Waals surface area contributed by atoms with Crippen molar-refractivity contribution in [3.8, 4) is 11.5 Å². The Balaban J connectivity index is 2.14. The van der Waals surface area contributed by atoms with Gasteiger partial charge in [-0.25, -0.2) is 14.8 Å². The van der Waals surface area contributed by atoms with Gasteiger partial charge in [0.1, 0.15) is 17.3 Å². The van der Waals surface area contributed by atoms with E-state index in [0.29, 0.717) is 0 Å². The zero-order chi connectivity index (χ0) is 12.3. The van der Waals surface area contributed by atoms with E-state index in [1.165, 1.54) is 24.5 Å². The third-order valence-corrected chi connectivity index (χ3v) is 1.91. The number of anilines is 1. The van der Waals surface area contributed by atoms with Crippen LogP contribution in [-0.4, -0.2) is 21.0 Å². The smallest absolute Gasteiger partial charge is 0.363 e. The van der Waals surface area contributed by atoms with Crippen LogP contribution in [0.25, 0.3) is 0 Å². The third-order valence-electron chi connectivity index (χ3n) is 1.91. The molecule has 2 rings (SSSR count). The Kier molecular flexibility index (Phi) is 2.87. The van der Waals surface area contributed by atoms with Crippen molar-refractivity contribution in [2.24, 2.45) is 0 Å². The standard InChI is InChI=1S/C11H9N3O3/c12-10-6-13-9(5-14-10)11(16)17-8-3-1-2-7(15)4-8/h1-6,15H,(H2,12,14). The van der Waals surface area contributed by atoms with Gasteiger partial charge in [-0.2, -0.15) is 0 Å². The fraction of sp³-hybridized carbons (Fsp3) is 0. The fourth-order valence-electron chi connectivity index (χ4n) is 1.15. The molecule has 0 saturated heterocycles. The highest BCUT2D eigenvalue weighted by atomic mass is 16.5. The average molecular weight is 231 g/mol. The lowest BCUT2D eigenvalue weighted by molar-refractivity contribution is 0.0728. The number of benzene rings is 1. The van der Waals surface area contributed by atoms with Gasteiger partial charge in [-0.1, -0.05) is 6.07 Å². The van der Waals surface area contributed by atoms with Gasteiger partial charge in [0.25, 0.3) is 0 Å². The Hall–Kier alpha value is -2.63. The van der Waals surface area contributed by atoms with Crippen LogP contribution >= 0.6 is 0 Å². The number of ether oxygens (including phenoxy) is 1. The van der Waals surface area contributed by atoms with Crippen LogP contribution in [-0.2, 0) is 0 Å². The van der Waals surface area contributed by atoms with Crippen molar-refractivity contribution in [1.82, 2.24) is 9.97 Å². The van der Waals surface area contributed by atoms with Crippen LogP contribution in [0, 0.1) is 0 Å². The van der Waals surface area contributed by atoms with Crippen molar-refractivity contribution in [3.05, 3.63) is 42.4 Å². The van der Waals surface area contributed by atoms with Gasteiger partial charge in [-0.05, 0) is 12.1 Å². The van der Waals surface area contributed by atoms with Crippen LogP contribution in [0.3, 0.4) is 0 Å². The van der Waals surface area contributed by atoms with Crippen LogP contribution < -0.4 is 10.5 Å². The number of hydrogen-bond acceptors (Lipinski definition) is 6. The number of carbonyl (C=O) groups excluding carboxylic acids is 1. The van der Waals surface area contributed by atoms with Crippen LogP contribution in [0.1, 0.15) is 10.5 Å². The first-order valence-corrected chi connectivity index (χ1v) is 4.74. The lowest BCUT2D eigenvalue weighted by Gasteiger charge is -2.03. The van der Waals surface area contributed by atoms with Gasteiger partial charge in [-0.3, -0.25) is 0 Å². The van der Waals surface area contributed by atoms with E-state index >= 15 is 0 Å². The lowest BCUT2D eigenvalue weighted by atomic mass is 10.3. The second-order valence-electron chi connectivity index (χ2n) is 3.21. The molecular formula is C11H9N3O3. The molecule has 1 heterocycles. The minimum absolute atomic E-state index is 0.0127. The van der Waals surface area contributed by atoms with E-state index in [-0.39, 0.29) is 23.0 Å². The Labute approximate surface area is 96.7 Å². The van der Waals surface area contributed by atoms with Gasteiger partial charge in [0.05, 0.1) is 12.4 Å². The molecule has 1 aromatic heterocycles. The fourth-order valence-corrected chi connectivity index (χ4v) is 1.15. The highest BCUT2D eigenvalue weighted by molar-refractivity contribution is 5.88. The summed E-state index contributed by atoms with van der Waals surface area (Å²) >= 11 is 0. The van der Waals surface area contributed by atoms with E-state index in [4.69, 9.17) is 10.5 Å². The molecule has 0 aliphatic heterocycles.